The van der Waals surface area contributed by atoms with E-state index in [-0.39, 0.29) is 0 Å². The van der Waals surface area contributed by atoms with Crippen molar-refractivity contribution in [2.75, 3.05) is 18.8 Å². The van der Waals surface area contributed by atoms with Crippen LogP contribution in [0.3, 0.4) is 0 Å². The van der Waals surface area contributed by atoms with E-state index >= 15 is 0 Å². The van der Waals surface area contributed by atoms with Gasteiger partial charge in [0.2, 0.25) is 0 Å². The zero-order valence-electron chi connectivity index (χ0n) is 15.0. The molecule has 0 radical (unpaired) electrons. The van der Waals surface area contributed by atoms with Gasteiger partial charge < -0.3 is 20.6 Å². The van der Waals surface area contributed by atoms with Crippen LogP contribution < -0.4 is 10.6 Å². The first-order valence-electron chi connectivity index (χ1n) is 8.29. The van der Waals surface area contributed by atoms with Gasteiger partial charge in [-0.25, -0.2) is 9.97 Å². The molecule has 9 heteroatoms. The highest BCUT2D eigenvalue weighted by Gasteiger charge is 2.07. The molecule has 5 N–H and O–H groups in total. The average molecular weight is 382 g/mol. The Morgan fingerprint density at radius 2 is 1.76 bits per heavy atom. The van der Waals surface area contributed by atoms with Gasteiger partial charge in [-0.15, -0.1) is 0 Å². The van der Waals surface area contributed by atoms with E-state index in [1.54, 1.807) is 12.7 Å². The Bertz CT molecular complexity index is 652. The first kappa shape index (κ1) is 19.7. The molecule has 0 spiro atoms. The smallest absolute Gasteiger partial charge is 0.188 e. The summed E-state index contributed by atoms with van der Waals surface area (Å²) in [6.45, 7) is 7.74. The fourth-order valence-electron chi connectivity index (χ4n) is 2.09. The van der Waals surface area contributed by atoms with Crippen molar-refractivity contribution in [3.8, 4) is 0 Å². The van der Waals surface area contributed by atoms with Crippen LogP contribution in [0.5, 0.6) is 0 Å². The van der Waals surface area contributed by atoms with Crippen molar-refractivity contribution < 1.29 is 0 Å². The van der Waals surface area contributed by atoms with Crippen LogP contribution in [-0.4, -0.2) is 50.0 Å². The van der Waals surface area contributed by atoms with Gasteiger partial charge in [-0.1, -0.05) is 6.92 Å². The number of aromatic nitrogens is 4. The van der Waals surface area contributed by atoms with E-state index in [2.05, 4.69) is 37.5 Å². The molecule has 25 heavy (non-hydrogen) atoms. The van der Waals surface area contributed by atoms with Crippen LogP contribution in [0, 0.1) is 19.3 Å². The first-order chi connectivity index (χ1) is 12.1. The Morgan fingerprint density at radius 3 is 2.36 bits per heavy atom. The lowest BCUT2D eigenvalue weighted by atomic mass is 10.4. The monoisotopic (exact) mass is 381 g/mol. The Balaban J connectivity index is 1.50. The fourth-order valence-corrected chi connectivity index (χ4v) is 3.92. The third-order valence-corrected chi connectivity index (χ3v) is 5.92. The molecule has 0 saturated heterocycles. The summed E-state index contributed by atoms with van der Waals surface area (Å²) in [6, 6.07) is 0. The number of guanidine groups is 1. The highest BCUT2D eigenvalue weighted by atomic mass is 32.2. The van der Waals surface area contributed by atoms with Gasteiger partial charge in [0.1, 0.15) is 0 Å². The second kappa shape index (κ2) is 10.4. The topological polar surface area (TPSA) is 105 Å². The Labute approximate surface area is 157 Å². The predicted molar refractivity (Wildman–Crippen MR) is 107 cm³/mol. The number of nitrogens with zero attached hydrogens (tertiary/aromatic N) is 2. The van der Waals surface area contributed by atoms with E-state index < -0.39 is 0 Å². The number of hydrogen-bond donors (Lipinski definition) is 5. The molecule has 2 aromatic rings. The van der Waals surface area contributed by atoms with Crippen molar-refractivity contribution in [1.29, 1.82) is 5.41 Å². The standard InChI is InChI=1S/C16H27N7S2/c1-11(25-8-15-13(3)21-10-23-15)6-19-16(17)18-4-5-24-7-14-12(2)20-9-22-14/h9-11H,4-8H2,1-3H3,(H,20,22)(H,21,23)(H3,17,18,19). The number of hydrogen-bond acceptors (Lipinski definition) is 5. The molecule has 2 heterocycles. The van der Waals surface area contributed by atoms with Crippen LogP contribution in [0.25, 0.3) is 0 Å². The minimum Gasteiger partial charge on any atom is -0.356 e. The normalized spacial score (nSPS) is 12.1. The van der Waals surface area contributed by atoms with E-state index in [0.29, 0.717) is 11.2 Å². The van der Waals surface area contributed by atoms with Crippen molar-refractivity contribution in [3.05, 3.63) is 35.4 Å². The van der Waals surface area contributed by atoms with Crippen LogP contribution in [-0.2, 0) is 11.5 Å². The van der Waals surface area contributed by atoms with Gasteiger partial charge in [0.05, 0.1) is 24.0 Å². The first-order valence-corrected chi connectivity index (χ1v) is 10.5. The molecule has 0 saturated carbocycles. The molecule has 1 unspecified atom stereocenters. The summed E-state index contributed by atoms with van der Waals surface area (Å²) in [5, 5.41) is 14.6. The third kappa shape index (κ3) is 7.03. The molecule has 0 bridgehead atoms. The van der Waals surface area contributed by atoms with Crippen molar-refractivity contribution in [1.82, 2.24) is 30.6 Å². The van der Waals surface area contributed by atoms with E-state index in [9.17, 15) is 0 Å². The SMILES string of the molecule is Cc1nc[nH]c1CSCCNC(=N)NCC(C)SCc1[nH]cnc1C. The summed E-state index contributed by atoms with van der Waals surface area (Å²) in [5.74, 6) is 3.18. The maximum Gasteiger partial charge on any atom is 0.188 e. The zero-order valence-corrected chi connectivity index (χ0v) is 16.6. The predicted octanol–water partition coefficient (Wildman–Crippen LogP) is 2.42. The third-order valence-electron chi connectivity index (χ3n) is 3.74. The van der Waals surface area contributed by atoms with Crippen LogP contribution in [0.2, 0.25) is 0 Å². The lowest BCUT2D eigenvalue weighted by Crippen LogP contribution is -2.40. The molecule has 2 rings (SSSR count). The molecule has 7 nitrogen and oxygen atoms in total. The van der Waals surface area contributed by atoms with Gasteiger partial charge in [-0.05, 0) is 13.8 Å². The van der Waals surface area contributed by atoms with E-state index in [1.807, 2.05) is 37.4 Å². The number of aryl methyl sites for hydroxylation is 2. The van der Waals surface area contributed by atoms with Gasteiger partial charge >= 0.3 is 0 Å². The second-order valence-corrected chi connectivity index (χ2v) is 8.32. The molecule has 0 fully saturated rings. The summed E-state index contributed by atoms with van der Waals surface area (Å²) in [6.07, 6.45) is 3.47. The van der Waals surface area contributed by atoms with Gasteiger partial charge in [-0.2, -0.15) is 23.5 Å². The molecule has 0 aromatic carbocycles. The number of nitrogens with one attached hydrogen (secondary N) is 5. The molecule has 0 aliphatic carbocycles. The summed E-state index contributed by atoms with van der Waals surface area (Å²) < 4.78 is 0. The molecular weight excluding hydrogens is 354 g/mol. The van der Waals surface area contributed by atoms with E-state index in [1.165, 1.54) is 11.4 Å². The van der Waals surface area contributed by atoms with Crippen molar-refractivity contribution >= 4 is 29.5 Å². The van der Waals surface area contributed by atoms with Crippen molar-refractivity contribution in [2.45, 2.75) is 37.5 Å². The highest BCUT2D eigenvalue weighted by Crippen LogP contribution is 2.17. The van der Waals surface area contributed by atoms with E-state index in [0.717, 1.165) is 41.7 Å². The second-order valence-electron chi connectivity index (χ2n) is 5.79. The molecule has 138 valence electrons. The van der Waals surface area contributed by atoms with Crippen molar-refractivity contribution in [2.24, 2.45) is 0 Å². The van der Waals surface area contributed by atoms with Gasteiger partial charge in [-0.3, -0.25) is 5.41 Å². The lowest BCUT2D eigenvalue weighted by molar-refractivity contribution is 0.801. The maximum atomic E-state index is 7.92. The molecule has 0 amide bonds. The number of H-pyrrole nitrogens is 2. The van der Waals surface area contributed by atoms with Crippen LogP contribution in [0.4, 0.5) is 0 Å². The number of aromatic amines is 2. The number of thioether (sulfide) groups is 2. The minimum atomic E-state index is 0.392. The number of rotatable bonds is 10. The van der Waals surface area contributed by atoms with Gasteiger partial charge in [0, 0.05) is 47.0 Å². The summed E-state index contributed by atoms with van der Waals surface area (Å²) in [4.78, 5) is 14.7. The highest BCUT2D eigenvalue weighted by molar-refractivity contribution is 7.99. The molecule has 2 aromatic heterocycles. The summed E-state index contributed by atoms with van der Waals surface area (Å²) in [5.41, 5.74) is 4.47. The minimum absolute atomic E-state index is 0.392. The summed E-state index contributed by atoms with van der Waals surface area (Å²) >= 11 is 3.68. The summed E-state index contributed by atoms with van der Waals surface area (Å²) in [7, 11) is 0. The lowest BCUT2D eigenvalue weighted by Gasteiger charge is -2.14. The van der Waals surface area contributed by atoms with Crippen LogP contribution in [0.1, 0.15) is 29.7 Å². The van der Waals surface area contributed by atoms with Gasteiger partial charge in [0.15, 0.2) is 5.96 Å². The largest absolute Gasteiger partial charge is 0.356 e. The fraction of sp³-hybridized carbons (Fsp3) is 0.562. The van der Waals surface area contributed by atoms with E-state index in [4.69, 9.17) is 5.41 Å². The van der Waals surface area contributed by atoms with Crippen LogP contribution >= 0.6 is 23.5 Å². The van der Waals surface area contributed by atoms with Crippen molar-refractivity contribution in [3.63, 3.8) is 0 Å². The Morgan fingerprint density at radius 1 is 1.12 bits per heavy atom. The number of imidazole rings is 2. The average Bonchev–Trinajstić information content (AvgIpc) is 3.19. The van der Waals surface area contributed by atoms with Crippen LogP contribution in [0.15, 0.2) is 12.7 Å². The molecule has 1 atom stereocenters. The van der Waals surface area contributed by atoms with Gasteiger partial charge in [0.25, 0.3) is 0 Å². The molecule has 0 aliphatic heterocycles. The Hall–Kier alpha value is -1.61. The maximum absolute atomic E-state index is 7.92. The molecule has 0 aliphatic rings. The Kier molecular flexibility index (Phi) is 8.20. The quantitative estimate of drug-likeness (QED) is 0.246. The zero-order chi connectivity index (χ0) is 18.1. The molecular formula is C16H27N7S2.